The topological polar surface area (TPSA) is 84.5 Å². The van der Waals surface area contributed by atoms with E-state index in [9.17, 15) is 13.2 Å². The van der Waals surface area contributed by atoms with Crippen molar-refractivity contribution in [3.63, 3.8) is 0 Å². The van der Waals surface area contributed by atoms with Crippen LogP contribution in [0.15, 0.2) is 23.1 Å². The van der Waals surface area contributed by atoms with E-state index in [0.717, 1.165) is 38.5 Å². The molecular formula is C19H30N2O4S. The van der Waals surface area contributed by atoms with Gasteiger partial charge in [-0.15, -0.1) is 0 Å². The fourth-order valence-corrected chi connectivity index (χ4v) is 4.45. The minimum absolute atomic E-state index is 0.0248. The van der Waals surface area contributed by atoms with Crippen molar-refractivity contribution >= 4 is 15.9 Å². The van der Waals surface area contributed by atoms with Gasteiger partial charge in [0.15, 0.2) is 6.61 Å². The van der Waals surface area contributed by atoms with Gasteiger partial charge in [0.1, 0.15) is 5.75 Å². The van der Waals surface area contributed by atoms with E-state index in [1.165, 1.54) is 12.5 Å². The molecule has 2 N–H and O–H groups in total. The highest BCUT2D eigenvalue weighted by Gasteiger charge is 2.22. The van der Waals surface area contributed by atoms with Crippen LogP contribution in [0.5, 0.6) is 5.75 Å². The van der Waals surface area contributed by atoms with Gasteiger partial charge in [-0.25, -0.2) is 13.1 Å². The Hall–Kier alpha value is -1.60. The first kappa shape index (κ1) is 20.7. The van der Waals surface area contributed by atoms with Crippen LogP contribution in [0, 0.1) is 6.92 Å². The third-order valence-electron chi connectivity index (χ3n) is 4.59. The van der Waals surface area contributed by atoms with Crippen LogP contribution in [0.4, 0.5) is 0 Å². The van der Waals surface area contributed by atoms with Crippen LogP contribution in [0.3, 0.4) is 0 Å². The number of amides is 1. The average Bonchev–Trinajstić information content (AvgIpc) is 2.61. The molecule has 1 aliphatic rings. The van der Waals surface area contributed by atoms with Crippen molar-refractivity contribution in [3.05, 3.63) is 23.8 Å². The molecule has 0 unspecified atom stereocenters. The van der Waals surface area contributed by atoms with E-state index in [2.05, 4.69) is 17.0 Å². The van der Waals surface area contributed by atoms with Crippen molar-refractivity contribution in [2.24, 2.45) is 0 Å². The molecule has 0 spiro atoms. The summed E-state index contributed by atoms with van der Waals surface area (Å²) in [5.41, 5.74) is 0.692. The molecule has 0 saturated heterocycles. The average molecular weight is 383 g/mol. The molecule has 146 valence electrons. The van der Waals surface area contributed by atoms with E-state index in [1.54, 1.807) is 19.1 Å². The van der Waals surface area contributed by atoms with E-state index in [1.807, 2.05) is 0 Å². The monoisotopic (exact) mass is 382 g/mol. The molecule has 1 saturated carbocycles. The molecule has 0 aliphatic heterocycles. The molecule has 0 bridgehead atoms. The summed E-state index contributed by atoms with van der Waals surface area (Å²) in [6, 6.07) is 4.76. The van der Waals surface area contributed by atoms with Crippen molar-refractivity contribution in [2.45, 2.75) is 69.7 Å². The molecular weight excluding hydrogens is 352 g/mol. The summed E-state index contributed by atoms with van der Waals surface area (Å²) in [5.74, 6) is 0.348. The highest BCUT2D eigenvalue weighted by molar-refractivity contribution is 7.89. The number of sulfonamides is 1. The number of unbranched alkanes of at least 4 members (excludes halogenated alkanes) is 1. The Kier molecular flexibility index (Phi) is 7.90. The molecule has 0 radical (unpaired) electrons. The first-order valence-corrected chi connectivity index (χ1v) is 10.9. The Morgan fingerprint density at radius 1 is 1.23 bits per heavy atom. The number of carbonyl (C=O) groups is 1. The van der Waals surface area contributed by atoms with Crippen molar-refractivity contribution in [1.82, 2.24) is 10.0 Å². The Morgan fingerprint density at radius 3 is 2.62 bits per heavy atom. The third-order valence-corrected chi connectivity index (χ3v) is 6.11. The normalized spacial score (nSPS) is 15.6. The van der Waals surface area contributed by atoms with E-state index >= 15 is 0 Å². The molecule has 1 aliphatic carbocycles. The molecule has 1 aromatic carbocycles. The lowest BCUT2D eigenvalue weighted by molar-refractivity contribution is -0.123. The zero-order chi connectivity index (χ0) is 19.0. The minimum atomic E-state index is -3.53. The second kappa shape index (κ2) is 9.92. The van der Waals surface area contributed by atoms with Crippen LogP contribution in [0.1, 0.15) is 57.4 Å². The van der Waals surface area contributed by atoms with Crippen LogP contribution in [-0.2, 0) is 14.8 Å². The van der Waals surface area contributed by atoms with Gasteiger partial charge < -0.3 is 10.1 Å². The predicted molar refractivity (Wildman–Crippen MR) is 102 cm³/mol. The van der Waals surface area contributed by atoms with Gasteiger partial charge in [-0.05, 0) is 49.9 Å². The van der Waals surface area contributed by atoms with Gasteiger partial charge in [-0.3, -0.25) is 4.79 Å². The standard InChI is InChI=1S/C19H30N2O4S/c1-3-4-12-20-19(22)14-25-18-11-10-17(13-15(18)2)26(23,24)21-16-8-6-5-7-9-16/h10-11,13,16,21H,3-9,12,14H2,1-2H3,(H,20,22). The van der Waals surface area contributed by atoms with E-state index < -0.39 is 10.0 Å². The first-order valence-electron chi connectivity index (χ1n) is 9.45. The van der Waals surface area contributed by atoms with Gasteiger partial charge in [0, 0.05) is 12.6 Å². The van der Waals surface area contributed by atoms with Crippen molar-refractivity contribution in [2.75, 3.05) is 13.2 Å². The van der Waals surface area contributed by atoms with Gasteiger partial charge in [0.25, 0.3) is 5.91 Å². The van der Waals surface area contributed by atoms with E-state index in [0.29, 0.717) is 17.9 Å². The summed E-state index contributed by atoms with van der Waals surface area (Å²) in [6.45, 7) is 4.41. The predicted octanol–water partition coefficient (Wildman–Crippen LogP) is 2.90. The Labute approximate surface area is 156 Å². The fraction of sp³-hybridized carbons (Fsp3) is 0.632. The Bertz CT molecular complexity index is 697. The number of hydrogen-bond donors (Lipinski definition) is 2. The molecule has 6 nitrogen and oxygen atoms in total. The SMILES string of the molecule is CCCCNC(=O)COc1ccc(S(=O)(=O)NC2CCCCC2)cc1C. The molecule has 0 heterocycles. The summed E-state index contributed by atoms with van der Waals surface area (Å²) in [7, 11) is -3.53. The molecule has 2 rings (SSSR count). The second-order valence-corrected chi connectivity index (χ2v) is 8.59. The number of ether oxygens (including phenoxy) is 1. The molecule has 1 amide bonds. The number of benzene rings is 1. The van der Waals surface area contributed by atoms with Crippen LogP contribution >= 0.6 is 0 Å². The summed E-state index contributed by atoms with van der Waals surface area (Å²) in [6.07, 6.45) is 7.06. The highest BCUT2D eigenvalue weighted by Crippen LogP contribution is 2.24. The zero-order valence-electron chi connectivity index (χ0n) is 15.7. The van der Waals surface area contributed by atoms with Gasteiger partial charge in [-0.1, -0.05) is 32.6 Å². The maximum atomic E-state index is 12.6. The third kappa shape index (κ3) is 6.29. The first-order chi connectivity index (χ1) is 12.4. The maximum Gasteiger partial charge on any atom is 0.257 e. The minimum Gasteiger partial charge on any atom is -0.484 e. The number of carbonyl (C=O) groups excluding carboxylic acids is 1. The van der Waals surface area contributed by atoms with Crippen LogP contribution in [0.2, 0.25) is 0 Å². The molecule has 1 fully saturated rings. The summed E-state index contributed by atoms with van der Waals surface area (Å²) < 4.78 is 33.4. The maximum absolute atomic E-state index is 12.6. The van der Waals surface area contributed by atoms with Crippen molar-refractivity contribution in [3.8, 4) is 5.75 Å². The Balaban J connectivity index is 1.94. The van der Waals surface area contributed by atoms with E-state index in [-0.39, 0.29) is 23.5 Å². The van der Waals surface area contributed by atoms with Crippen LogP contribution < -0.4 is 14.8 Å². The number of aryl methyl sites for hydroxylation is 1. The quantitative estimate of drug-likeness (QED) is 0.643. The van der Waals surface area contributed by atoms with Gasteiger partial charge >= 0.3 is 0 Å². The number of rotatable bonds is 9. The summed E-state index contributed by atoms with van der Waals surface area (Å²) in [5, 5.41) is 2.78. The van der Waals surface area contributed by atoms with E-state index in [4.69, 9.17) is 4.74 Å². The Morgan fingerprint density at radius 2 is 1.96 bits per heavy atom. The van der Waals surface area contributed by atoms with Crippen LogP contribution in [0.25, 0.3) is 0 Å². The van der Waals surface area contributed by atoms with Crippen LogP contribution in [-0.4, -0.2) is 33.5 Å². The van der Waals surface area contributed by atoms with Gasteiger partial charge in [0.05, 0.1) is 4.90 Å². The van der Waals surface area contributed by atoms with Gasteiger partial charge in [-0.2, -0.15) is 0 Å². The fourth-order valence-electron chi connectivity index (χ4n) is 3.06. The lowest BCUT2D eigenvalue weighted by Crippen LogP contribution is -2.36. The summed E-state index contributed by atoms with van der Waals surface area (Å²) >= 11 is 0. The van der Waals surface area contributed by atoms with Crippen molar-refractivity contribution < 1.29 is 17.9 Å². The molecule has 0 aromatic heterocycles. The highest BCUT2D eigenvalue weighted by atomic mass is 32.2. The summed E-state index contributed by atoms with van der Waals surface area (Å²) in [4.78, 5) is 11.9. The molecule has 7 heteroatoms. The lowest BCUT2D eigenvalue weighted by atomic mass is 9.96. The number of nitrogens with one attached hydrogen (secondary N) is 2. The van der Waals surface area contributed by atoms with Gasteiger partial charge in [0.2, 0.25) is 10.0 Å². The lowest BCUT2D eigenvalue weighted by Gasteiger charge is -2.22. The smallest absolute Gasteiger partial charge is 0.257 e. The van der Waals surface area contributed by atoms with Crippen molar-refractivity contribution in [1.29, 1.82) is 0 Å². The number of hydrogen-bond acceptors (Lipinski definition) is 4. The zero-order valence-corrected chi connectivity index (χ0v) is 16.5. The largest absolute Gasteiger partial charge is 0.484 e. The molecule has 0 atom stereocenters. The molecule has 1 aromatic rings. The second-order valence-electron chi connectivity index (χ2n) is 6.88. The molecule has 26 heavy (non-hydrogen) atoms.